The van der Waals surface area contributed by atoms with Gasteiger partial charge in [-0.25, -0.2) is 0 Å². The minimum Gasteiger partial charge on any atom is -0.397 e. The Morgan fingerprint density at radius 2 is 1.83 bits per heavy atom. The fourth-order valence-electron chi connectivity index (χ4n) is 1.17. The maximum Gasteiger partial charge on any atom is 0.418 e. The summed E-state index contributed by atoms with van der Waals surface area (Å²) in [7, 11) is -5.10. The highest BCUT2D eigenvalue weighted by Gasteiger charge is 2.37. The molecule has 0 heterocycles. The van der Waals surface area contributed by atoms with Crippen LogP contribution < -0.4 is 5.73 Å². The smallest absolute Gasteiger partial charge is 0.397 e. The molecule has 0 aliphatic carbocycles. The normalized spacial score (nSPS) is 12.4. The number of alkyl halides is 3. The highest BCUT2D eigenvalue weighted by atomic mass is 32.2. The van der Waals surface area contributed by atoms with Crippen LogP contribution in [0, 0.1) is 10.1 Å². The number of benzene rings is 1. The molecular weight excluding hydrogens is 281 g/mol. The zero-order chi connectivity index (χ0) is 14.3. The van der Waals surface area contributed by atoms with Gasteiger partial charge in [-0.1, -0.05) is 0 Å². The van der Waals surface area contributed by atoms with Crippen LogP contribution in [0.5, 0.6) is 0 Å². The monoisotopic (exact) mass is 286 g/mol. The molecule has 7 nitrogen and oxygen atoms in total. The number of nitrogens with two attached hydrogens (primary N) is 1. The third-order valence-corrected chi connectivity index (χ3v) is 2.81. The lowest BCUT2D eigenvalue weighted by Crippen LogP contribution is -2.14. The van der Waals surface area contributed by atoms with E-state index in [9.17, 15) is 31.7 Å². The van der Waals surface area contributed by atoms with E-state index in [1.807, 2.05) is 0 Å². The van der Waals surface area contributed by atoms with Crippen molar-refractivity contribution in [2.75, 3.05) is 5.73 Å². The SMILES string of the molecule is Nc1c(C(F)(F)F)cc([N+](=O)[O-])cc1S(=O)(=O)O. The molecule has 0 atom stereocenters. The van der Waals surface area contributed by atoms with E-state index in [-0.39, 0.29) is 12.1 Å². The molecule has 100 valence electrons. The first-order valence-electron chi connectivity index (χ1n) is 4.07. The summed E-state index contributed by atoms with van der Waals surface area (Å²) in [6, 6.07) is 0.337. The Morgan fingerprint density at radius 3 is 2.17 bits per heavy atom. The van der Waals surface area contributed by atoms with Gasteiger partial charge in [0, 0.05) is 12.1 Å². The van der Waals surface area contributed by atoms with Gasteiger partial charge in [-0.2, -0.15) is 21.6 Å². The third kappa shape index (κ3) is 2.68. The number of halogens is 3. The van der Waals surface area contributed by atoms with Gasteiger partial charge in [0.05, 0.1) is 16.2 Å². The van der Waals surface area contributed by atoms with E-state index in [0.29, 0.717) is 0 Å². The van der Waals surface area contributed by atoms with Crippen molar-refractivity contribution in [3.05, 3.63) is 27.8 Å². The molecule has 1 rings (SSSR count). The van der Waals surface area contributed by atoms with Gasteiger partial charge in [0.25, 0.3) is 15.8 Å². The zero-order valence-electron chi connectivity index (χ0n) is 8.30. The van der Waals surface area contributed by atoms with Crippen molar-refractivity contribution in [3.8, 4) is 0 Å². The molecule has 0 aromatic heterocycles. The molecule has 0 radical (unpaired) electrons. The quantitative estimate of drug-likeness (QED) is 0.367. The maximum atomic E-state index is 12.5. The summed E-state index contributed by atoms with van der Waals surface area (Å²) in [6.07, 6.45) is -5.09. The lowest BCUT2D eigenvalue weighted by atomic mass is 10.1. The summed E-state index contributed by atoms with van der Waals surface area (Å²) >= 11 is 0. The first-order chi connectivity index (χ1) is 7.94. The van der Waals surface area contributed by atoms with Crippen LogP contribution >= 0.6 is 0 Å². The number of nitrogen functional groups attached to an aromatic ring is 1. The number of nitrogens with zero attached hydrogens (tertiary/aromatic N) is 1. The van der Waals surface area contributed by atoms with Crippen molar-refractivity contribution in [2.45, 2.75) is 11.1 Å². The van der Waals surface area contributed by atoms with Crippen LogP contribution in [-0.2, 0) is 16.3 Å². The minimum absolute atomic E-state index is 0.0873. The molecule has 0 saturated heterocycles. The molecule has 1 aromatic rings. The second kappa shape index (κ2) is 4.10. The molecule has 0 spiro atoms. The molecule has 0 amide bonds. The number of nitro groups is 1. The Morgan fingerprint density at radius 1 is 1.33 bits per heavy atom. The van der Waals surface area contributed by atoms with Gasteiger partial charge in [-0.15, -0.1) is 0 Å². The lowest BCUT2D eigenvalue weighted by molar-refractivity contribution is -0.385. The Balaban J connectivity index is 3.76. The van der Waals surface area contributed by atoms with Crippen LogP contribution in [0.15, 0.2) is 17.0 Å². The van der Waals surface area contributed by atoms with Crippen molar-refractivity contribution in [1.29, 1.82) is 0 Å². The topological polar surface area (TPSA) is 124 Å². The molecule has 0 fully saturated rings. The number of hydrogen-bond acceptors (Lipinski definition) is 5. The molecule has 0 saturated carbocycles. The third-order valence-electron chi connectivity index (χ3n) is 1.92. The summed E-state index contributed by atoms with van der Waals surface area (Å²) in [5.74, 6) is 0. The van der Waals surface area contributed by atoms with E-state index in [1.54, 1.807) is 0 Å². The van der Waals surface area contributed by atoms with E-state index in [0.717, 1.165) is 0 Å². The largest absolute Gasteiger partial charge is 0.418 e. The van der Waals surface area contributed by atoms with Crippen LogP contribution in [0.4, 0.5) is 24.5 Å². The second-order valence-electron chi connectivity index (χ2n) is 3.14. The predicted molar refractivity (Wildman–Crippen MR) is 52.3 cm³/mol. The molecule has 11 heteroatoms. The van der Waals surface area contributed by atoms with E-state index < -0.39 is 43.1 Å². The summed E-state index contributed by atoms with van der Waals surface area (Å²) in [5.41, 5.74) is 0.794. The molecule has 3 N–H and O–H groups in total. The number of anilines is 1. The number of non-ortho nitro benzene ring substituents is 1. The first kappa shape index (κ1) is 14.2. The molecular formula is C7H5F3N2O5S. The Kier molecular flexibility index (Phi) is 3.23. The second-order valence-corrected chi connectivity index (χ2v) is 4.53. The summed E-state index contributed by atoms with van der Waals surface area (Å²) < 4.78 is 67.7. The van der Waals surface area contributed by atoms with Crippen LogP contribution in [0.1, 0.15) is 5.56 Å². The van der Waals surface area contributed by atoms with Gasteiger partial charge in [0.1, 0.15) is 4.90 Å². The molecule has 1 aromatic carbocycles. The number of nitro benzene ring substituents is 1. The summed E-state index contributed by atoms with van der Waals surface area (Å²) in [4.78, 5) is 7.80. The van der Waals surface area contributed by atoms with Crippen LogP contribution in [0.3, 0.4) is 0 Å². The summed E-state index contributed by atoms with van der Waals surface area (Å²) in [6.45, 7) is 0. The van der Waals surface area contributed by atoms with Crippen LogP contribution in [-0.4, -0.2) is 17.9 Å². The average Bonchev–Trinajstić information content (AvgIpc) is 2.13. The Hall–Kier alpha value is -1.88. The molecule has 0 aliphatic rings. The van der Waals surface area contributed by atoms with Crippen LogP contribution in [0.25, 0.3) is 0 Å². The average molecular weight is 286 g/mol. The van der Waals surface area contributed by atoms with E-state index in [4.69, 9.17) is 10.3 Å². The molecule has 0 aliphatic heterocycles. The predicted octanol–water partition coefficient (Wildman–Crippen LogP) is 1.44. The molecule has 18 heavy (non-hydrogen) atoms. The number of hydrogen-bond donors (Lipinski definition) is 2. The van der Waals surface area contributed by atoms with Gasteiger partial charge in [0.15, 0.2) is 0 Å². The van der Waals surface area contributed by atoms with Gasteiger partial charge >= 0.3 is 6.18 Å². The van der Waals surface area contributed by atoms with Crippen molar-refractivity contribution in [1.82, 2.24) is 0 Å². The minimum atomic E-state index is -5.10. The van der Waals surface area contributed by atoms with Gasteiger partial charge in [-0.3, -0.25) is 14.7 Å². The van der Waals surface area contributed by atoms with E-state index in [1.165, 1.54) is 0 Å². The summed E-state index contributed by atoms with van der Waals surface area (Å²) in [5, 5.41) is 10.4. The number of rotatable bonds is 2. The van der Waals surface area contributed by atoms with Crippen LogP contribution in [0.2, 0.25) is 0 Å². The highest BCUT2D eigenvalue weighted by Crippen LogP contribution is 2.39. The van der Waals surface area contributed by atoms with E-state index >= 15 is 0 Å². The van der Waals surface area contributed by atoms with Gasteiger partial charge in [0.2, 0.25) is 0 Å². The standard InChI is InChI=1S/C7H5F3N2O5S/c8-7(9,10)4-1-3(12(13)14)2-5(6(4)11)18(15,16)17/h1-2H,11H2,(H,15,16,17). The van der Waals surface area contributed by atoms with Gasteiger partial charge < -0.3 is 5.73 Å². The van der Waals surface area contributed by atoms with Crippen molar-refractivity contribution in [2.24, 2.45) is 0 Å². The van der Waals surface area contributed by atoms with Crippen molar-refractivity contribution in [3.63, 3.8) is 0 Å². The highest BCUT2D eigenvalue weighted by molar-refractivity contribution is 7.86. The first-order valence-corrected chi connectivity index (χ1v) is 5.51. The Labute approximate surface area is 97.9 Å². The molecule has 0 bridgehead atoms. The lowest BCUT2D eigenvalue weighted by Gasteiger charge is -2.11. The van der Waals surface area contributed by atoms with E-state index in [2.05, 4.69) is 0 Å². The fourth-order valence-corrected chi connectivity index (χ4v) is 1.82. The zero-order valence-corrected chi connectivity index (χ0v) is 9.12. The Bertz CT molecular complexity index is 610. The van der Waals surface area contributed by atoms with Crippen molar-refractivity contribution < 1.29 is 31.1 Å². The fraction of sp³-hybridized carbons (Fsp3) is 0.143. The molecule has 0 unspecified atom stereocenters. The maximum absolute atomic E-state index is 12.5. The van der Waals surface area contributed by atoms with Crippen molar-refractivity contribution >= 4 is 21.5 Å². The van der Waals surface area contributed by atoms with Gasteiger partial charge in [-0.05, 0) is 0 Å².